The summed E-state index contributed by atoms with van der Waals surface area (Å²) in [5, 5.41) is 13.1. The van der Waals surface area contributed by atoms with Crippen LogP contribution in [-0.2, 0) is 11.2 Å². The third-order valence-electron chi connectivity index (χ3n) is 4.74. The van der Waals surface area contributed by atoms with Gasteiger partial charge in [0.1, 0.15) is 0 Å². The summed E-state index contributed by atoms with van der Waals surface area (Å²) in [7, 11) is 0. The topological polar surface area (TPSA) is 49.3 Å². The maximum atomic E-state index is 12.6. The van der Waals surface area contributed by atoms with Gasteiger partial charge < -0.3 is 10.4 Å². The van der Waals surface area contributed by atoms with Gasteiger partial charge in [0.2, 0.25) is 5.91 Å². The summed E-state index contributed by atoms with van der Waals surface area (Å²) in [6, 6.07) is 8.22. The Bertz CT molecular complexity index is 486. The van der Waals surface area contributed by atoms with Gasteiger partial charge in [0.05, 0.1) is 18.1 Å². The molecule has 108 valence electrons. The molecule has 20 heavy (non-hydrogen) atoms. The van der Waals surface area contributed by atoms with Crippen LogP contribution in [0, 0.1) is 0 Å². The molecule has 0 spiro atoms. The molecule has 1 amide bonds. The second-order valence-electron chi connectivity index (χ2n) is 6.11. The van der Waals surface area contributed by atoms with Crippen LogP contribution in [0.4, 0.5) is 0 Å². The van der Waals surface area contributed by atoms with Crippen LogP contribution >= 0.6 is 0 Å². The molecular formula is C17H23NO2. The number of amides is 1. The first-order chi connectivity index (χ1) is 9.75. The second-order valence-corrected chi connectivity index (χ2v) is 6.11. The number of fused-ring (bicyclic) bond motifs is 1. The van der Waals surface area contributed by atoms with Crippen LogP contribution in [0.5, 0.6) is 0 Å². The number of carbonyl (C=O) groups excluding carboxylic acids is 1. The molecule has 0 saturated heterocycles. The van der Waals surface area contributed by atoms with Gasteiger partial charge in [-0.25, -0.2) is 0 Å². The second kappa shape index (κ2) is 5.96. The van der Waals surface area contributed by atoms with Crippen molar-refractivity contribution in [2.45, 2.75) is 63.0 Å². The first-order valence-electron chi connectivity index (χ1n) is 7.82. The van der Waals surface area contributed by atoms with Crippen molar-refractivity contribution in [3.05, 3.63) is 35.4 Å². The highest BCUT2D eigenvalue weighted by Gasteiger charge is 2.30. The highest BCUT2D eigenvalue weighted by Crippen LogP contribution is 2.32. The van der Waals surface area contributed by atoms with E-state index in [4.69, 9.17) is 0 Å². The molecule has 0 aromatic heterocycles. The number of hydrogen-bond acceptors (Lipinski definition) is 2. The average Bonchev–Trinajstić information content (AvgIpc) is 2.49. The zero-order chi connectivity index (χ0) is 13.9. The normalized spacial score (nSPS) is 29.6. The largest absolute Gasteiger partial charge is 0.391 e. The van der Waals surface area contributed by atoms with E-state index in [1.807, 2.05) is 12.1 Å². The molecule has 0 aliphatic heterocycles. The van der Waals surface area contributed by atoms with Gasteiger partial charge >= 0.3 is 0 Å². The first-order valence-corrected chi connectivity index (χ1v) is 7.82. The number of benzene rings is 1. The summed E-state index contributed by atoms with van der Waals surface area (Å²) in [6.45, 7) is 0. The van der Waals surface area contributed by atoms with Crippen molar-refractivity contribution in [2.75, 3.05) is 0 Å². The third kappa shape index (κ3) is 2.73. The Labute approximate surface area is 120 Å². The molecule has 3 rings (SSSR count). The van der Waals surface area contributed by atoms with Crippen molar-refractivity contribution in [3.63, 3.8) is 0 Å². The van der Waals surface area contributed by atoms with Crippen LogP contribution in [0.25, 0.3) is 0 Å². The van der Waals surface area contributed by atoms with Crippen LogP contribution in [0.1, 0.15) is 55.6 Å². The summed E-state index contributed by atoms with van der Waals surface area (Å²) in [4.78, 5) is 12.6. The Kier molecular flexibility index (Phi) is 4.06. The zero-order valence-corrected chi connectivity index (χ0v) is 11.8. The molecule has 1 aromatic rings. The monoisotopic (exact) mass is 273 g/mol. The Morgan fingerprint density at radius 1 is 1.10 bits per heavy atom. The van der Waals surface area contributed by atoms with Gasteiger partial charge in [-0.05, 0) is 43.2 Å². The number of carbonyl (C=O) groups is 1. The Balaban J connectivity index is 1.72. The molecule has 3 atom stereocenters. The van der Waals surface area contributed by atoms with Crippen molar-refractivity contribution in [2.24, 2.45) is 0 Å². The molecule has 3 heteroatoms. The molecule has 0 bridgehead atoms. The summed E-state index contributed by atoms with van der Waals surface area (Å²) < 4.78 is 0. The number of aliphatic hydroxyl groups is 1. The molecular weight excluding hydrogens is 250 g/mol. The van der Waals surface area contributed by atoms with E-state index >= 15 is 0 Å². The molecule has 1 saturated carbocycles. The molecule has 2 N–H and O–H groups in total. The highest BCUT2D eigenvalue weighted by molar-refractivity contribution is 5.84. The fourth-order valence-corrected chi connectivity index (χ4v) is 3.59. The molecule has 2 aliphatic rings. The van der Waals surface area contributed by atoms with Crippen molar-refractivity contribution in [3.8, 4) is 0 Å². The minimum Gasteiger partial charge on any atom is -0.391 e. The maximum Gasteiger partial charge on any atom is 0.227 e. The number of rotatable bonds is 2. The SMILES string of the molecule is O=C(N[C@H]1CCCC[C@@H]1O)C1CCCc2ccccc21. The van der Waals surface area contributed by atoms with E-state index in [9.17, 15) is 9.90 Å². The highest BCUT2D eigenvalue weighted by atomic mass is 16.3. The lowest BCUT2D eigenvalue weighted by atomic mass is 9.82. The van der Waals surface area contributed by atoms with Crippen molar-refractivity contribution >= 4 is 5.91 Å². The van der Waals surface area contributed by atoms with Crippen molar-refractivity contribution in [1.82, 2.24) is 5.32 Å². The summed E-state index contributed by atoms with van der Waals surface area (Å²) in [6.07, 6.45) is 6.59. The van der Waals surface area contributed by atoms with E-state index in [1.165, 1.54) is 11.1 Å². The minimum absolute atomic E-state index is 0.0333. The quantitative estimate of drug-likeness (QED) is 0.870. The Morgan fingerprint density at radius 3 is 2.75 bits per heavy atom. The van der Waals surface area contributed by atoms with Crippen LogP contribution in [-0.4, -0.2) is 23.2 Å². The Hall–Kier alpha value is -1.35. The lowest BCUT2D eigenvalue weighted by molar-refractivity contribution is -0.124. The van der Waals surface area contributed by atoms with Gasteiger partial charge in [-0.3, -0.25) is 4.79 Å². The fraction of sp³-hybridized carbons (Fsp3) is 0.588. The molecule has 2 aliphatic carbocycles. The smallest absolute Gasteiger partial charge is 0.227 e. The van der Waals surface area contributed by atoms with Gasteiger partial charge in [0.25, 0.3) is 0 Å². The van der Waals surface area contributed by atoms with Crippen molar-refractivity contribution < 1.29 is 9.90 Å². The first kappa shape index (κ1) is 13.6. The van der Waals surface area contributed by atoms with E-state index in [1.54, 1.807) is 0 Å². The summed E-state index contributed by atoms with van der Waals surface area (Å²) in [5.74, 6) is 0.0668. The van der Waals surface area contributed by atoms with E-state index in [0.717, 1.165) is 44.9 Å². The van der Waals surface area contributed by atoms with Crippen LogP contribution in [0.2, 0.25) is 0 Å². The van der Waals surface area contributed by atoms with Crippen LogP contribution in [0.15, 0.2) is 24.3 Å². The Morgan fingerprint density at radius 2 is 1.90 bits per heavy atom. The van der Waals surface area contributed by atoms with E-state index in [0.29, 0.717) is 0 Å². The molecule has 1 unspecified atom stereocenters. The molecule has 0 heterocycles. The number of nitrogens with one attached hydrogen (secondary N) is 1. The maximum absolute atomic E-state index is 12.6. The van der Waals surface area contributed by atoms with Crippen LogP contribution < -0.4 is 5.32 Å². The van der Waals surface area contributed by atoms with E-state index < -0.39 is 0 Å². The van der Waals surface area contributed by atoms with Gasteiger partial charge in [0, 0.05) is 0 Å². The predicted molar refractivity (Wildman–Crippen MR) is 78.5 cm³/mol. The van der Waals surface area contributed by atoms with Gasteiger partial charge in [-0.15, -0.1) is 0 Å². The predicted octanol–water partition coefficient (Wildman–Crippen LogP) is 2.53. The van der Waals surface area contributed by atoms with Crippen LogP contribution in [0.3, 0.4) is 0 Å². The van der Waals surface area contributed by atoms with Gasteiger partial charge in [0.15, 0.2) is 0 Å². The standard InChI is InChI=1S/C17H23NO2/c19-16-11-4-3-10-15(16)18-17(20)14-9-5-7-12-6-1-2-8-13(12)14/h1-2,6,8,14-16,19H,3-5,7,9-11H2,(H,18,20)/t14?,15-,16-/m0/s1. The third-order valence-corrected chi connectivity index (χ3v) is 4.74. The lowest BCUT2D eigenvalue weighted by Gasteiger charge is -2.31. The molecule has 1 aromatic carbocycles. The van der Waals surface area contributed by atoms with Crippen molar-refractivity contribution in [1.29, 1.82) is 0 Å². The summed E-state index contributed by atoms with van der Waals surface area (Å²) >= 11 is 0. The van der Waals surface area contributed by atoms with Gasteiger partial charge in [-0.1, -0.05) is 37.1 Å². The number of hydrogen-bond donors (Lipinski definition) is 2. The molecule has 0 radical (unpaired) electrons. The van der Waals surface area contributed by atoms with E-state index in [2.05, 4.69) is 17.4 Å². The summed E-state index contributed by atoms with van der Waals surface area (Å²) in [5.41, 5.74) is 2.49. The molecule has 1 fully saturated rings. The number of aryl methyl sites for hydroxylation is 1. The average molecular weight is 273 g/mol. The minimum atomic E-state index is -0.369. The van der Waals surface area contributed by atoms with Gasteiger partial charge in [-0.2, -0.15) is 0 Å². The van der Waals surface area contributed by atoms with E-state index in [-0.39, 0.29) is 24.0 Å². The lowest BCUT2D eigenvalue weighted by Crippen LogP contribution is -2.47. The number of aliphatic hydroxyl groups excluding tert-OH is 1. The fourth-order valence-electron chi connectivity index (χ4n) is 3.59. The zero-order valence-electron chi connectivity index (χ0n) is 11.8. The molecule has 3 nitrogen and oxygen atoms in total.